The summed E-state index contributed by atoms with van der Waals surface area (Å²) in [5.41, 5.74) is 3.22. The summed E-state index contributed by atoms with van der Waals surface area (Å²) in [6, 6.07) is 27.0. The maximum absolute atomic E-state index is 13.3. The Morgan fingerprint density at radius 1 is 0.867 bits per heavy atom. The summed E-state index contributed by atoms with van der Waals surface area (Å²) in [4.78, 5) is 0.342. The van der Waals surface area contributed by atoms with Crippen molar-refractivity contribution in [3.05, 3.63) is 102 Å². The quantitative estimate of drug-likeness (QED) is 0.451. The molecule has 5 heteroatoms. The van der Waals surface area contributed by atoms with Gasteiger partial charge in [-0.25, -0.2) is 8.42 Å². The highest BCUT2D eigenvalue weighted by atomic mass is 32.2. The van der Waals surface area contributed by atoms with E-state index in [4.69, 9.17) is 4.74 Å². The fourth-order valence-corrected chi connectivity index (χ4v) is 5.16. The average molecular weight is 422 g/mol. The van der Waals surface area contributed by atoms with Crippen molar-refractivity contribution in [2.75, 3.05) is 6.54 Å². The van der Waals surface area contributed by atoms with E-state index in [9.17, 15) is 8.42 Å². The molecule has 0 amide bonds. The van der Waals surface area contributed by atoms with Gasteiger partial charge in [0.05, 0.1) is 11.0 Å². The van der Waals surface area contributed by atoms with Gasteiger partial charge in [0.1, 0.15) is 6.10 Å². The monoisotopic (exact) mass is 421 g/mol. The maximum Gasteiger partial charge on any atom is 0.243 e. The normalized spacial score (nSPS) is 18.5. The number of epoxide rings is 1. The Morgan fingerprint density at radius 3 is 2.17 bits per heavy atom. The second-order valence-electron chi connectivity index (χ2n) is 7.79. The van der Waals surface area contributed by atoms with E-state index in [0.717, 1.165) is 24.0 Å². The third kappa shape index (κ3) is 4.98. The molecule has 0 unspecified atom stereocenters. The molecule has 0 radical (unpaired) electrons. The zero-order valence-corrected chi connectivity index (χ0v) is 18.0. The zero-order valence-electron chi connectivity index (χ0n) is 17.1. The molecule has 4 rings (SSSR count). The van der Waals surface area contributed by atoms with Gasteiger partial charge in [0.25, 0.3) is 0 Å². The number of ether oxygens (including phenoxy) is 1. The van der Waals surface area contributed by atoms with E-state index in [-0.39, 0.29) is 12.2 Å². The van der Waals surface area contributed by atoms with Gasteiger partial charge in [0.15, 0.2) is 0 Å². The second kappa shape index (κ2) is 9.13. The summed E-state index contributed by atoms with van der Waals surface area (Å²) >= 11 is 0. The topological polar surface area (TPSA) is 49.9 Å². The summed E-state index contributed by atoms with van der Waals surface area (Å²) in [5, 5.41) is 0. The first-order chi connectivity index (χ1) is 14.5. The summed E-state index contributed by atoms with van der Waals surface area (Å²) in [7, 11) is -3.57. The minimum Gasteiger partial charge on any atom is -0.365 e. The van der Waals surface area contributed by atoms with Crippen LogP contribution in [0.3, 0.4) is 0 Å². The number of hydrogen-bond acceptors (Lipinski definition) is 3. The highest BCUT2D eigenvalue weighted by Crippen LogP contribution is 2.41. The molecule has 0 aromatic heterocycles. The van der Waals surface area contributed by atoms with Crippen LogP contribution in [0.15, 0.2) is 89.8 Å². The van der Waals surface area contributed by atoms with Gasteiger partial charge in [-0.1, -0.05) is 78.4 Å². The lowest BCUT2D eigenvalue weighted by Gasteiger charge is -2.22. The van der Waals surface area contributed by atoms with Crippen molar-refractivity contribution in [1.82, 2.24) is 4.31 Å². The predicted molar refractivity (Wildman–Crippen MR) is 119 cm³/mol. The Morgan fingerprint density at radius 2 is 1.50 bits per heavy atom. The number of rotatable bonds is 9. The number of hydrogen-bond donors (Lipinski definition) is 0. The van der Waals surface area contributed by atoms with Crippen molar-refractivity contribution in [1.29, 1.82) is 0 Å². The fourth-order valence-electron chi connectivity index (χ4n) is 3.70. The minimum absolute atomic E-state index is 0.141. The van der Waals surface area contributed by atoms with Crippen LogP contribution >= 0.6 is 0 Å². The molecule has 3 aromatic rings. The van der Waals surface area contributed by atoms with Crippen LogP contribution in [0.4, 0.5) is 0 Å². The number of aryl methyl sites for hydroxylation is 1. The van der Waals surface area contributed by atoms with E-state index in [1.807, 2.05) is 67.6 Å². The van der Waals surface area contributed by atoms with Gasteiger partial charge in [-0.3, -0.25) is 0 Å². The molecule has 1 aliphatic rings. The molecule has 156 valence electrons. The molecule has 3 aromatic carbocycles. The Labute approximate surface area is 179 Å². The fraction of sp³-hybridized carbons (Fsp3) is 0.280. The molecular weight excluding hydrogens is 394 g/mol. The molecule has 0 spiro atoms. The Hall–Kier alpha value is -2.47. The minimum atomic E-state index is -3.57. The molecule has 0 N–H and O–H groups in total. The van der Waals surface area contributed by atoms with Gasteiger partial charge in [-0.05, 0) is 43.0 Å². The highest BCUT2D eigenvalue weighted by molar-refractivity contribution is 7.89. The molecule has 0 saturated carbocycles. The van der Waals surface area contributed by atoms with E-state index < -0.39 is 10.0 Å². The first-order valence-electron chi connectivity index (χ1n) is 10.4. The Balaban J connectivity index is 1.43. The summed E-state index contributed by atoms with van der Waals surface area (Å²) in [6.07, 6.45) is 1.91. The van der Waals surface area contributed by atoms with Gasteiger partial charge >= 0.3 is 0 Å². The number of sulfonamides is 1. The molecule has 30 heavy (non-hydrogen) atoms. The summed E-state index contributed by atoms with van der Waals surface area (Å²) in [5.74, 6) is 0. The first kappa shape index (κ1) is 20.8. The Kier molecular flexibility index (Phi) is 6.32. The lowest BCUT2D eigenvalue weighted by Crippen LogP contribution is -2.31. The van der Waals surface area contributed by atoms with E-state index in [0.29, 0.717) is 18.0 Å². The summed E-state index contributed by atoms with van der Waals surface area (Å²) in [6.45, 7) is 2.79. The molecule has 4 nitrogen and oxygen atoms in total. The first-order valence-corrected chi connectivity index (χ1v) is 11.8. The second-order valence-corrected chi connectivity index (χ2v) is 9.72. The van der Waals surface area contributed by atoms with Crippen LogP contribution in [0, 0.1) is 6.92 Å². The van der Waals surface area contributed by atoms with Crippen LogP contribution in [0.2, 0.25) is 0 Å². The molecule has 1 heterocycles. The van der Waals surface area contributed by atoms with Crippen molar-refractivity contribution in [3.8, 4) is 0 Å². The van der Waals surface area contributed by atoms with Crippen molar-refractivity contribution >= 4 is 10.0 Å². The van der Waals surface area contributed by atoms with Gasteiger partial charge < -0.3 is 4.74 Å². The van der Waals surface area contributed by atoms with Crippen molar-refractivity contribution < 1.29 is 13.2 Å². The average Bonchev–Trinajstić information content (AvgIpc) is 3.54. The molecule has 1 aliphatic heterocycles. The number of nitrogens with zero attached hydrogens (tertiary/aromatic N) is 1. The third-order valence-electron chi connectivity index (χ3n) is 5.47. The largest absolute Gasteiger partial charge is 0.365 e. The van der Waals surface area contributed by atoms with Crippen LogP contribution in [0.5, 0.6) is 0 Å². The number of benzene rings is 3. The third-order valence-corrected chi connectivity index (χ3v) is 7.33. The molecule has 0 aliphatic carbocycles. The lowest BCUT2D eigenvalue weighted by molar-refractivity contribution is 0.345. The van der Waals surface area contributed by atoms with Crippen LogP contribution < -0.4 is 0 Å². The van der Waals surface area contributed by atoms with Gasteiger partial charge in [0, 0.05) is 13.1 Å². The summed E-state index contributed by atoms with van der Waals surface area (Å²) < 4.78 is 34.0. The van der Waals surface area contributed by atoms with E-state index in [2.05, 4.69) is 12.1 Å². The standard InChI is InChI=1S/C25H27NO3S/c1-20-14-16-23(17-15-20)30(27,28)26(19-21-9-4-2-5-10-21)18-8-13-24-25(29-24)22-11-6-3-7-12-22/h2-7,9-12,14-17,24-25H,8,13,18-19H2,1H3/t24-,25-/m0/s1. The lowest BCUT2D eigenvalue weighted by atomic mass is 10.1. The molecule has 2 atom stereocenters. The van der Waals surface area contributed by atoms with Gasteiger partial charge in [0.2, 0.25) is 10.0 Å². The van der Waals surface area contributed by atoms with Crippen LogP contribution in [-0.4, -0.2) is 25.4 Å². The zero-order chi connectivity index (χ0) is 21.0. The Bertz CT molecular complexity index is 1050. The van der Waals surface area contributed by atoms with Gasteiger partial charge in [-0.2, -0.15) is 4.31 Å². The van der Waals surface area contributed by atoms with E-state index >= 15 is 0 Å². The van der Waals surface area contributed by atoms with Crippen molar-refractivity contribution in [2.24, 2.45) is 0 Å². The van der Waals surface area contributed by atoms with E-state index in [1.54, 1.807) is 16.4 Å². The van der Waals surface area contributed by atoms with Crippen LogP contribution in [0.1, 0.15) is 35.6 Å². The SMILES string of the molecule is Cc1ccc(S(=O)(=O)N(CCC[C@@H]2O[C@H]2c2ccccc2)Cc2ccccc2)cc1. The maximum atomic E-state index is 13.3. The molecule has 1 saturated heterocycles. The van der Waals surface area contributed by atoms with E-state index in [1.165, 1.54) is 5.56 Å². The molecule has 1 fully saturated rings. The van der Waals surface area contributed by atoms with Gasteiger partial charge in [-0.15, -0.1) is 0 Å². The predicted octanol–water partition coefficient (Wildman–Crippen LogP) is 5.11. The van der Waals surface area contributed by atoms with Crippen molar-refractivity contribution in [2.45, 2.75) is 43.4 Å². The molecule has 0 bridgehead atoms. The van der Waals surface area contributed by atoms with Crippen LogP contribution in [-0.2, 0) is 21.3 Å². The highest BCUT2D eigenvalue weighted by Gasteiger charge is 2.39. The van der Waals surface area contributed by atoms with Crippen molar-refractivity contribution in [3.63, 3.8) is 0 Å². The van der Waals surface area contributed by atoms with Crippen LogP contribution in [0.25, 0.3) is 0 Å². The smallest absolute Gasteiger partial charge is 0.243 e. The molecular formula is C25H27NO3S.